The van der Waals surface area contributed by atoms with Crippen LogP contribution in [0.15, 0.2) is 38.8 Å². The summed E-state index contributed by atoms with van der Waals surface area (Å²) in [4.78, 5) is 60.3. The summed E-state index contributed by atoms with van der Waals surface area (Å²) in [5, 5.41) is 52.6. The summed E-state index contributed by atoms with van der Waals surface area (Å²) >= 11 is 0. The number of aromatic amines is 1. The number of benzene rings is 1. The second-order valence-electron chi connectivity index (χ2n) is 11.0. The Hall–Kier alpha value is -3.95. The normalized spacial score (nSPS) is 23.1. The van der Waals surface area contributed by atoms with E-state index in [-0.39, 0.29) is 17.3 Å². The third kappa shape index (κ3) is 7.16. The molecule has 5 unspecified atom stereocenters. The van der Waals surface area contributed by atoms with E-state index in [9.17, 15) is 49.4 Å². The monoisotopic (exact) mass is 681 g/mol. The molecular weight excluding hydrogens is 649 g/mol. The Morgan fingerprint density at radius 3 is 2.45 bits per heavy atom. The van der Waals surface area contributed by atoms with Crippen molar-refractivity contribution in [1.29, 1.82) is 0 Å². The number of nitrogens with zero attached hydrogens (tertiary/aromatic N) is 5. The average molecular weight is 682 g/mol. The molecule has 0 radical (unpaired) electrons. The zero-order valence-electron chi connectivity index (χ0n) is 24.8. The van der Waals surface area contributed by atoms with Gasteiger partial charge in [-0.3, -0.25) is 23.4 Å². The molecule has 1 fully saturated rings. The Bertz CT molecular complexity index is 1980. The first kappa shape index (κ1) is 34.4. The van der Waals surface area contributed by atoms with Crippen LogP contribution in [0.4, 0.5) is 5.82 Å². The van der Waals surface area contributed by atoms with Crippen molar-refractivity contribution in [3.8, 4) is 11.5 Å². The van der Waals surface area contributed by atoms with Crippen molar-refractivity contribution >= 4 is 24.7 Å². The number of nitrogens with one attached hydrogen (secondary N) is 1. The number of nitrogens with two attached hydrogens (primary N) is 1. The van der Waals surface area contributed by atoms with Gasteiger partial charge in [0.25, 0.3) is 5.56 Å². The highest BCUT2D eigenvalue weighted by molar-refractivity contribution is 7.47. The molecule has 0 amide bonds. The van der Waals surface area contributed by atoms with Gasteiger partial charge in [0.2, 0.25) is 0 Å². The van der Waals surface area contributed by atoms with Gasteiger partial charge in [-0.05, 0) is 43.2 Å². The van der Waals surface area contributed by atoms with Crippen LogP contribution in [0, 0.1) is 13.8 Å². The highest BCUT2D eigenvalue weighted by Crippen LogP contribution is 2.44. The fraction of sp³-hybridized carbons (Fsp3) is 0.462. The molecule has 1 saturated heterocycles. The summed E-state index contributed by atoms with van der Waals surface area (Å²) in [5.74, 6) is -0.284. The van der Waals surface area contributed by atoms with Crippen LogP contribution in [0.5, 0.6) is 0 Å². The van der Waals surface area contributed by atoms with E-state index >= 15 is 0 Å². The van der Waals surface area contributed by atoms with E-state index in [0.29, 0.717) is 11.0 Å². The van der Waals surface area contributed by atoms with Gasteiger partial charge < -0.3 is 45.5 Å². The van der Waals surface area contributed by atoms with Gasteiger partial charge in [-0.15, -0.1) is 0 Å². The summed E-state index contributed by atoms with van der Waals surface area (Å²) < 4.78 is 29.6. The third-order valence-electron chi connectivity index (χ3n) is 7.66. The third-order valence-corrected chi connectivity index (χ3v) is 8.61. The second-order valence-corrected chi connectivity index (χ2v) is 12.4. The van der Waals surface area contributed by atoms with Crippen molar-refractivity contribution in [1.82, 2.24) is 29.1 Å². The molecule has 3 aliphatic heterocycles. The predicted octanol–water partition coefficient (Wildman–Crippen LogP) is -3.12. The van der Waals surface area contributed by atoms with Crippen LogP contribution in [0.1, 0.15) is 17.4 Å². The van der Waals surface area contributed by atoms with Gasteiger partial charge in [-0.25, -0.2) is 19.1 Å². The van der Waals surface area contributed by atoms with E-state index in [2.05, 4.69) is 15.0 Å². The summed E-state index contributed by atoms with van der Waals surface area (Å²) in [6, 6.07) is 4.61. The molecule has 47 heavy (non-hydrogen) atoms. The van der Waals surface area contributed by atoms with Gasteiger partial charge in [0.15, 0.2) is 17.7 Å². The number of ether oxygens (including phenoxy) is 1. The molecule has 1 aromatic carbocycles. The van der Waals surface area contributed by atoms with Gasteiger partial charge >= 0.3 is 19.2 Å². The molecule has 8 atom stereocenters. The number of phosphoric acid groups is 1. The number of aromatic nitrogens is 6. The Morgan fingerprint density at radius 1 is 1.04 bits per heavy atom. The first-order chi connectivity index (χ1) is 22.1. The quantitative estimate of drug-likeness (QED) is 0.0573. The van der Waals surface area contributed by atoms with E-state index in [1.165, 1.54) is 16.8 Å². The molecule has 254 valence electrons. The Morgan fingerprint density at radius 2 is 1.74 bits per heavy atom. The predicted molar refractivity (Wildman–Crippen MR) is 159 cm³/mol. The van der Waals surface area contributed by atoms with E-state index < -0.39 is 87.4 Å². The number of aliphatic hydroxyl groups is 5. The maximum Gasteiger partial charge on any atom is 0.472 e. The molecule has 3 aliphatic rings. The first-order valence-corrected chi connectivity index (χ1v) is 15.5. The summed E-state index contributed by atoms with van der Waals surface area (Å²) in [5.41, 5.74) is 4.86. The molecular formula is C26H32N7O13P. The van der Waals surface area contributed by atoms with Crippen molar-refractivity contribution in [3.05, 3.63) is 66.8 Å². The average Bonchev–Trinajstić information content (AvgIpc) is 3.28. The van der Waals surface area contributed by atoms with Gasteiger partial charge in [0.05, 0.1) is 30.8 Å². The lowest BCUT2D eigenvalue weighted by Crippen LogP contribution is -2.42. The molecule has 0 aliphatic carbocycles. The van der Waals surface area contributed by atoms with Crippen LogP contribution >= 0.6 is 7.82 Å². The van der Waals surface area contributed by atoms with Gasteiger partial charge in [-0.2, -0.15) is 9.97 Å². The highest BCUT2D eigenvalue weighted by Gasteiger charge is 2.45. The van der Waals surface area contributed by atoms with Crippen molar-refractivity contribution in [2.45, 2.75) is 63.2 Å². The maximum absolute atomic E-state index is 12.5. The molecule has 20 nitrogen and oxygen atoms in total. The first-order valence-electron chi connectivity index (χ1n) is 14.0. The second kappa shape index (κ2) is 13.3. The topological polar surface area (TPSA) is 308 Å². The van der Waals surface area contributed by atoms with Crippen LogP contribution in [-0.2, 0) is 24.9 Å². The van der Waals surface area contributed by atoms with Crippen molar-refractivity contribution < 1.29 is 48.8 Å². The van der Waals surface area contributed by atoms with E-state index in [1.54, 1.807) is 19.1 Å². The highest BCUT2D eigenvalue weighted by atomic mass is 31.2. The van der Waals surface area contributed by atoms with Crippen molar-refractivity contribution in [3.63, 3.8) is 0 Å². The largest absolute Gasteiger partial charge is 0.472 e. The van der Waals surface area contributed by atoms with E-state index in [1.807, 2.05) is 11.9 Å². The van der Waals surface area contributed by atoms with E-state index in [0.717, 1.165) is 15.7 Å². The molecule has 2 aromatic rings. The minimum Gasteiger partial charge on any atom is -0.388 e. The van der Waals surface area contributed by atoms with Gasteiger partial charge in [0, 0.05) is 6.20 Å². The summed E-state index contributed by atoms with van der Waals surface area (Å²) in [7, 11) is -5.00. The lowest BCUT2D eigenvalue weighted by molar-refractivity contribution is -0.0824. The molecule has 1 aromatic heterocycles. The fourth-order valence-electron chi connectivity index (χ4n) is 4.98. The fourth-order valence-corrected chi connectivity index (χ4v) is 5.73. The summed E-state index contributed by atoms with van der Waals surface area (Å²) in [6.45, 7) is 1.27. The summed E-state index contributed by atoms with van der Waals surface area (Å²) in [6.07, 6.45) is -10.7. The molecule has 21 heteroatoms. The molecule has 4 heterocycles. The molecule has 9 N–H and O–H groups in total. The number of fused-ring (bicyclic) bond motifs is 2. The van der Waals surface area contributed by atoms with E-state index in [4.69, 9.17) is 19.5 Å². The number of hydrogen-bond donors (Lipinski definition) is 8. The molecule has 0 saturated carbocycles. The number of nitrogen functional groups attached to an aromatic ring is 1. The molecule has 5 rings (SSSR count). The lowest BCUT2D eigenvalue weighted by Gasteiger charge is -2.26. The van der Waals surface area contributed by atoms with Gasteiger partial charge in [0.1, 0.15) is 42.4 Å². The minimum atomic E-state index is -5.00. The number of H-pyrrole nitrogens is 1. The van der Waals surface area contributed by atoms with Gasteiger partial charge in [-0.1, -0.05) is 0 Å². The number of hydrogen-bond acceptors (Lipinski definition) is 16. The zero-order valence-corrected chi connectivity index (χ0v) is 25.7. The SMILES string of the molecule is Cc1cc2nc3c(=O)[nH]c(=O)nc-3n(C[C@H](O)[C@H](O)[C@H](O)COP(=O)(O)OCC3OC(n4ccc(N)nc4=O)C(O)C3O)c2cc1C. The minimum absolute atomic E-state index is 0.0907. The van der Waals surface area contributed by atoms with Crippen LogP contribution in [-0.4, -0.2) is 109 Å². The number of rotatable bonds is 11. The molecule has 0 bridgehead atoms. The number of aryl methyl sites for hydroxylation is 2. The lowest BCUT2D eigenvalue weighted by atomic mass is 10.1. The van der Waals surface area contributed by atoms with Crippen LogP contribution < -0.4 is 22.7 Å². The Balaban J connectivity index is 1.24. The number of phosphoric ester groups is 1. The van der Waals surface area contributed by atoms with Crippen LogP contribution in [0.2, 0.25) is 0 Å². The number of aliphatic hydroxyl groups excluding tert-OH is 5. The Kier molecular flexibility index (Phi) is 9.71. The standard InChI is InChI=1S/C26H32N7O13P/c1-10-5-12-13(6-11(10)2)33(22-18(28-12)23(39)31-25(40)30-22)7-14(34)19(36)15(35)8-44-47(42,43)45-9-16-20(37)21(38)24(46-16)32-4-3-17(27)29-26(32)41/h3-6,14-16,19-21,24,34-38H,7-9H2,1-2H3,(H,42,43)(H2,27,29,41)(H,31,39,40)/t14-,15+,16?,19-,20?,21?,24?/m0/s1. The Labute approximate surface area is 263 Å². The zero-order chi connectivity index (χ0) is 34.4. The smallest absolute Gasteiger partial charge is 0.388 e. The van der Waals surface area contributed by atoms with Crippen LogP contribution in [0.3, 0.4) is 0 Å². The van der Waals surface area contributed by atoms with Crippen molar-refractivity contribution in [2.75, 3.05) is 18.9 Å². The molecule has 0 spiro atoms. The maximum atomic E-state index is 12.5. The van der Waals surface area contributed by atoms with Crippen LogP contribution in [0.25, 0.3) is 22.6 Å². The van der Waals surface area contributed by atoms with Crippen molar-refractivity contribution in [2.24, 2.45) is 0 Å². The number of anilines is 1.